The fourth-order valence-corrected chi connectivity index (χ4v) is 2.65. The van der Waals surface area contributed by atoms with Crippen LogP contribution in [0, 0.1) is 18.3 Å². The molecule has 1 aromatic carbocycles. The van der Waals surface area contributed by atoms with Crippen LogP contribution in [-0.2, 0) is 11.2 Å². The molecule has 0 saturated carbocycles. The molecular formula is C20H30N4O. The summed E-state index contributed by atoms with van der Waals surface area (Å²) in [6.07, 6.45) is 3.31. The molecule has 1 aromatic rings. The first-order valence-corrected chi connectivity index (χ1v) is 9.03. The van der Waals surface area contributed by atoms with E-state index in [0.717, 1.165) is 55.8 Å². The van der Waals surface area contributed by atoms with Crippen molar-refractivity contribution in [1.29, 1.82) is 5.26 Å². The Morgan fingerprint density at radius 2 is 2.00 bits per heavy atom. The van der Waals surface area contributed by atoms with Crippen LogP contribution in [0.5, 0.6) is 0 Å². The van der Waals surface area contributed by atoms with Crippen LogP contribution >= 0.6 is 0 Å². The summed E-state index contributed by atoms with van der Waals surface area (Å²) in [5, 5.41) is 15.2. The van der Waals surface area contributed by atoms with Gasteiger partial charge in [0.1, 0.15) is 11.6 Å². The number of rotatable bonds is 10. The van der Waals surface area contributed by atoms with Crippen molar-refractivity contribution in [3.63, 3.8) is 0 Å². The second-order valence-corrected chi connectivity index (χ2v) is 5.92. The van der Waals surface area contributed by atoms with Gasteiger partial charge in [-0.1, -0.05) is 39.0 Å². The van der Waals surface area contributed by atoms with Crippen LogP contribution in [0.1, 0.15) is 38.3 Å². The third kappa shape index (κ3) is 6.60. The number of nitrogens with one attached hydrogen (secondary N) is 2. The lowest BCUT2D eigenvalue weighted by Gasteiger charge is -2.17. The Hall–Kier alpha value is -2.32. The van der Waals surface area contributed by atoms with E-state index < -0.39 is 0 Å². The predicted molar refractivity (Wildman–Crippen MR) is 103 cm³/mol. The minimum absolute atomic E-state index is 0.0909. The van der Waals surface area contributed by atoms with E-state index in [1.54, 1.807) is 0 Å². The molecule has 0 aliphatic rings. The van der Waals surface area contributed by atoms with Gasteiger partial charge in [-0.15, -0.1) is 0 Å². The first-order valence-electron chi connectivity index (χ1n) is 9.03. The van der Waals surface area contributed by atoms with Crippen molar-refractivity contribution in [3.8, 4) is 6.07 Å². The number of para-hydroxylation sites is 1. The van der Waals surface area contributed by atoms with Gasteiger partial charge in [0.15, 0.2) is 0 Å². The molecule has 1 rings (SSSR count). The van der Waals surface area contributed by atoms with Crippen LogP contribution in [0.25, 0.3) is 0 Å². The maximum absolute atomic E-state index is 12.4. The molecule has 0 fully saturated rings. The molecule has 25 heavy (non-hydrogen) atoms. The number of hydrogen-bond donors (Lipinski definition) is 2. The zero-order valence-corrected chi connectivity index (χ0v) is 15.9. The first-order chi connectivity index (χ1) is 12.1. The van der Waals surface area contributed by atoms with Gasteiger partial charge in [-0.3, -0.25) is 4.79 Å². The molecule has 0 saturated heterocycles. The quantitative estimate of drug-likeness (QED) is 0.389. The van der Waals surface area contributed by atoms with E-state index in [9.17, 15) is 10.1 Å². The predicted octanol–water partition coefficient (Wildman–Crippen LogP) is 3.22. The van der Waals surface area contributed by atoms with Crippen LogP contribution in [-0.4, -0.2) is 37.0 Å². The molecule has 0 aromatic heterocycles. The largest absolute Gasteiger partial charge is 0.390 e. The van der Waals surface area contributed by atoms with Gasteiger partial charge >= 0.3 is 0 Å². The Labute approximate surface area is 151 Å². The Balaban J connectivity index is 2.62. The van der Waals surface area contributed by atoms with Gasteiger partial charge in [-0.25, -0.2) is 0 Å². The number of benzene rings is 1. The minimum Gasteiger partial charge on any atom is -0.390 e. The summed E-state index contributed by atoms with van der Waals surface area (Å²) in [4.78, 5) is 14.7. The summed E-state index contributed by atoms with van der Waals surface area (Å²) >= 11 is 0. The van der Waals surface area contributed by atoms with Gasteiger partial charge in [-0.2, -0.15) is 5.26 Å². The summed E-state index contributed by atoms with van der Waals surface area (Å²) in [6, 6.07) is 7.90. The normalized spacial score (nSPS) is 11.3. The van der Waals surface area contributed by atoms with Crippen LogP contribution in [0.4, 0.5) is 5.69 Å². The number of anilines is 1. The monoisotopic (exact) mass is 342 g/mol. The van der Waals surface area contributed by atoms with Crippen molar-refractivity contribution in [2.24, 2.45) is 0 Å². The molecule has 0 unspecified atom stereocenters. The SMILES string of the molecule is CCc1cccc(C)c1NC(=O)/C(C#N)=C\NCCCN(CC)CC. The number of hydrogen-bond acceptors (Lipinski definition) is 4. The standard InChI is InChI=1S/C20H30N4O/c1-5-17-11-8-10-16(4)19(17)23-20(25)18(14-21)15-22-12-9-13-24(6-2)7-3/h8,10-11,15,22H,5-7,9,12-13H2,1-4H3,(H,23,25)/b18-15-. The number of carbonyl (C=O) groups is 1. The van der Waals surface area contributed by atoms with Crippen LogP contribution in [0.2, 0.25) is 0 Å². The molecule has 5 nitrogen and oxygen atoms in total. The number of carbonyl (C=O) groups excluding carboxylic acids is 1. The van der Waals surface area contributed by atoms with Gasteiger partial charge in [0.05, 0.1) is 0 Å². The van der Waals surface area contributed by atoms with Crippen molar-refractivity contribution >= 4 is 11.6 Å². The molecule has 0 atom stereocenters. The third-order valence-electron chi connectivity index (χ3n) is 4.28. The fourth-order valence-electron chi connectivity index (χ4n) is 2.65. The summed E-state index contributed by atoms with van der Waals surface area (Å²) in [6.45, 7) is 12.1. The molecule has 0 bridgehead atoms. The van der Waals surface area contributed by atoms with Crippen molar-refractivity contribution in [1.82, 2.24) is 10.2 Å². The Morgan fingerprint density at radius 1 is 1.28 bits per heavy atom. The lowest BCUT2D eigenvalue weighted by Crippen LogP contribution is -2.26. The fraction of sp³-hybridized carbons (Fsp3) is 0.500. The Bertz CT molecular complexity index is 627. The lowest BCUT2D eigenvalue weighted by molar-refractivity contribution is -0.112. The molecule has 0 spiro atoms. The molecule has 2 N–H and O–H groups in total. The summed E-state index contributed by atoms with van der Waals surface area (Å²) in [7, 11) is 0. The van der Waals surface area contributed by atoms with E-state index in [1.165, 1.54) is 6.20 Å². The number of nitriles is 1. The van der Waals surface area contributed by atoms with Gasteiger partial charge in [0.2, 0.25) is 0 Å². The molecule has 1 amide bonds. The average Bonchev–Trinajstić information content (AvgIpc) is 2.62. The third-order valence-corrected chi connectivity index (χ3v) is 4.28. The van der Waals surface area contributed by atoms with Crippen LogP contribution < -0.4 is 10.6 Å². The summed E-state index contributed by atoms with van der Waals surface area (Å²) in [5.41, 5.74) is 2.96. The molecule has 0 aliphatic heterocycles. The molecule has 5 heteroatoms. The molecule has 0 radical (unpaired) electrons. The molecule has 0 heterocycles. The van der Waals surface area contributed by atoms with Crippen molar-refractivity contribution < 1.29 is 4.79 Å². The first kappa shape index (κ1) is 20.7. The Kier molecular flexibility index (Phi) is 9.34. The van der Waals surface area contributed by atoms with Gasteiger partial charge in [0.25, 0.3) is 5.91 Å². The molecule has 0 aliphatic carbocycles. The highest BCUT2D eigenvalue weighted by Gasteiger charge is 2.12. The topological polar surface area (TPSA) is 68.2 Å². The number of aryl methyl sites for hydroxylation is 2. The van der Waals surface area contributed by atoms with Crippen LogP contribution in [0.15, 0.2) is 30.0 Å². The van der Waals surface area contributed by atoms with E-state index in [4.69, 9.17) is 0 Å². The van der Waals surface area contributed by atoms with Crippen molar-refractivity contribution in [2.75, 3.05) is 31.5 Å². The Morgan fingerprint density at radius 3 is 2.60 bits per heavy atom. The number of amides is 1. The van der Waals surface area contributed by atoms with Gasteiger partial charge < -0.3 is 15.5 Å². The maximum Gasteiger partial charge on any atom is 0.267 e. The zero-order valence-electron chi connectivity index (χ0n) is 15.9. The van der Waals surface area contributed by atoms with E-state index in [0.29, 0.717) is 0 Å². The summed E-state index contributed by atoms with van der Waals surface area (Å²) in [5.74, 6) is -0.372. The zero-order chi connectivity index (χ0) is 18.7. The van der Waals surface area contributed by atoms with Gasteiger partial charge in [0, 0.05) is 18.4 Å². The van der Waals surface area contributed by atoms with Crippen molar-refractivity contribution in [2.45, 2.75) is 40.5 Å². The second-order valence-electron chi connectivity index (χ2n) is 5.92. The molecular weight excluding hydrogens is 312 g/mol. The van der Waals surface area contributed by atoms with E-state index >= 15 is 0 Å². The van der Waals surface area contributed by atoms with Crippen molar-refractivity contribution in [3.05, 3.63) is 41.1 Å². The van der Waals surface area contributed by atoms with E-state index in [-0.39, 0.29) is 11.5 Å². The second kappa shape index (κ2) is 11.3. The van der Waals surface area contributed by atoms with E-state index in [2.05, 4.69) is 29.4 Å². The lowest BCUT2D eigenvalue weighted by atomic mass is 10.1. The highest BCUT2D eigenvalue weighted by Crippen LogP contribution is 2.21. The van der Waals surface area contributed by atoms with E-state index in [1.807, 2.05) is 38.1 Å². The smallest absolute Gasteiger partial charge is 0.267 e. The molecule has 136 valence electrons. The number of nitrogens with zero attached hydrogens (tertiary/aromatic N) is 2. The summed E-state index contributed by atoms with van der Waals surface area (Å²) < 4.78 is 0. The van der Waals surface area contributed by atoms with Gasteiger partial charge in [-0.05, 0) is 50.5 Å². The highest BCUT2D eigenvalue weighted by molar-refractivity contribution is 6.07. The van der Waals surface area contributed by atoms with Crippen LogP contribution in [0.3, 0.4) is 0 Å². The highest BCUT2D eigenvalue weighted by atomic mass is 16.1. The minimum atomic E-state index is -0.372. The average molecular weight is 342 g/mol. The maximum atomic E-state index is 12.4.